The number of ether oxygens (including phenoxy) is 1. The number of benzene rings is 1. The summed E-state index contributed by atoms with van der Waals surface area (Å²) in [4.78, 5) is 14.6. The van der Waals surface area contributed by atoms with Gasteiger partial charge in [-0.3, -0.25) is 9.69 Å². The Bertz CT molecular complexity index is 468. The molecule has 0 saturated carbocycles. The molecule has 1 heterocycles. The molecule has 0 unspecified atom stereocenters. The molecule has 4 heteroatoms. The largest absolute Gasteiger partial charge is 0.495 e. The van der Waals surface area contributed by atoms with Crippen LogP contribution in [0.15, 0.2) is 18.2 Å². The highest BCUT2D eigenvalue weighted by Gasteiger charge is 2.23. The fourth-order valence-electron chi connectivity index (χ4n) is 2.63. The summed E-state index contributed by atoms with van der Waals surface area (Å²) in [5, 5.41) is 2.99. The third kappa shape index (κ3) is 3.51. The molecule has 1 aliphatic rings. The first-order chi connectivity index (χ1) is 9.61. The van der Waals surface area contributed by atoms with Crippen LogP contribution in [0.1, 0.15) is 31.7 Å². The van der Waals surface area contributed by atoms with Crippen molar-refractivity contribution in [3.8, 4) is 5.75 Å². The number of piperidine rings is 1. The van der Waals surface area contributed by atoms with Crippen molar-refractivity contribution in [1.82, 2.24) is 4.90 Å². The van der Waals surface area contributed by atoms with Gasteiger partial charge in [-0.05, 0) is 57.5 Å². The first-order valence-corrected chi connectivity index (χ1v) is 7.31. The molecule has 0 aliphatic carbocycles. The van der Waals surface area contributed by atoms with Crippen molar-refractivity contribution in [2.24, 2.45) is 0 Å². The van der Waals surface area contributed by atoms with E-state index in [-0.39, 0.29) is 11.9 Å². The molecule has 0 spiro atoms. The quantitative estimate of drug-likeness (QED) is 0.919. The van der Waals surface area contributed by atoms with Gasteiger partial charge in [-0.25, -0.2) is 0 Å². The van der Waals surface area contributed by atoms with Crippen LogP contribution in [0.3, 0.4) is 0 Å². The van der Waals surface area contributed by atoms with Gasteiger partial charge in [-0.2, -0.15) is 0 Å². The summed E-state index contributed by atoms with van der Waals surface area (Å²) < 4.78 is 5.30. The monoisotopic (exact) mass is 276 g/mol. The Hall–Kier alpha value is -1.55. The van der Waals surface area contributed by atoms with E-state index in [1.165, 1.54) is 19.3 Å². The van der Waals surface area contributed by atoms with Gasteiger partial charge >= 0.3 is 0 Å². The zero-order valence-electron chi connectivity index (χ0n) is 12.6. The van der Waals surface area contributed by atoms with Crippen LogP contribution in [0.5, 0.6) is 5.75 Å². The highest BCUT2D eigenvalue weighted by atomic mass is 16.5. The van der Waals surface area contributed by atoms with E-state index < -0.39 is 0 Å². The van der Waals surface area contributed by atoms with Crippen molar-refractivity contribution >= 4 is 11.6 Å². The first-order valence-electron chi connectivity index (χ1n) is 7.31. The van der Waals surface area contributed by atoms with Crippen LogP contribution >= 0.6 is 0 Å². The third-order valence-corrected chi connectivity index (χ3v) is 3.93. The molecular weight excluding hydrogens is 252 g/mol. The molecule has 0 aromatic heterocycles. The van der Waals surface area contributed by atoms with Gasteiger partial charge in [0, 0.05) is 0 Å². The number of carbonyl (C=O) groups is 1. The van der Waals surface area contributed by atoms with E-state index in [0.717, 1.165) is 24.3 Å². The van der Waals surface area contributed by atoms with E-state index in [9.17, 15) is 4.79 Å². The lowest BCUT2D eigenvalue weighted by molar-refractivity contribution is -0.121. The topological polar surface area (TPSA) is 41.6 Å². The fraction of sp³-hybridized carbons (Fsp3) is 0.562. The number of likely N-dealkylation sites (tertiary alicyclic amines) is 1. The summed E-state index contributed by atoms with van der Waals surface area (Å²) in [5.41, 5.74) is 1.85. The summed E-state index contributed by atoms with van der Waals surface area (Å²) in [6.45, 7) is 6.01. The molecule has 1 aromatic carbocycles. The Labute approximate surface area is 121 Å². The number of carbonyl (C=O) groups excluding carboxylic acids is 1. The van der Waals surface area contributed by atoms with Crippen molar-refractivity contribution < 1.29 is 9.53 Å². The van der Waals surface area contributed by atoms with Crippen molar-refractivity contribution in [2.75, 3.05) is 25.5 Å². The molecule has 1 amide bonds. The van der Waals surface area contributed by atoms with Crippen molar-refractivity contribution in [2.45, 2.75) is 39.2 Å². The van der Waals surface area contributed by atoms with Gasteiger partial charge in [0.2, 0.25) is 5.91 Å². The number of hydrogen-bond acceptors (Lipinski definition) is 3. The number of anilines is 1. The van der Waals surface area contributed by atoms with Crippen molar-refractivity contribution in [3.63, 3.8) is 0 Å². The molecule has 1 saturated heterocycles. The van der Waals surface area contributed by atoms with Gasteiger partial charge in [-0.15, -0.1) is 0 Å². The Morgan fingerprint density at radius 1 is 1.30 bits per heavy atom. The average molecular weight is 276 g/mol. The molecule has 2 rings (SSSR count). The summed E-state index contributed by atoms with van der Waals surface area (Å²) in [5.74, 6) is 0.741. The van der Waals surface area contributed by atoms with Gasteiger partial charge in [0.1, 0.15) is 5.75 Å². The smallest absolute Gasteiger partial charge is 0.241 e. The Balaban J connectivity index is 2.05. The van der Waals surface area contributed by atoms with E-state index >= 15 is 0 Å². The van der Waals surface area contributed by atoms with Crippen LogP contribution in [0, 0.1) is 6.92 Å². The predicted molar refractivity (Wildman–Crippen MR) is 81.2 cm³/mol. The number of rotatable bonds is 4. The second kappa shape index (κ2) is 6.75. The maximum Gasteiger partial charge on any atom is 0.241 e. The number of amides is 1. The number of nitrogens with one attached hydrogen (secondary N) is 1. The zero-order valence-corrected chi connectivity index (χ0v) is 12.6. The number of aryl methyl sites for hydroxylation is 1. The Morgan fingerprint density at radius 3 is 2.65 bits per heavy atom. The molecular formula is C16H24N2O2. The molecule has 1 atom stereocenters. The fourth-order valence-corrected chi connectivity index (χ4v) is 2.63. The van der Waals surface area contributed by atoms with Gasteiger partial charge in [-0.1, -0.05) is 12.5 Å². The molecule has 1 aliphatic heterocycles. The van der Waals surface area contributed by atoms with Crippen LogP contribution in [-0.2, 0) is 4.79 Å². The number of methoxy groups -OCH3 is 1. The standard InChI is InChI=1S/C16H24N2O2/c1-12-7-8-15(20-3)14(11-12)17-16(19)13(2)18-9-5-4-6-10-18/h7-8,11,13H,4-6,9-10H2,1-3H3,(H,17,19)/t13-/m0/s1. The molecule has 1 N–H and O–H groups in total. The summed E-state index contributed by atoms with van der Waals surface area (Å²) >= 11 is 0. The second-order valence-corrected chi connectivity index (χ2v) is 5.47. The first kappa shape index (κ1) is 14.9. The average Bonchev–Trinajstić information content (AvgIpc) is 2.47. The summed E-state index contributed by atoms with van der Waals surface area (Å²) in [7, 11) is 1.62. The minimum absolute atomic E-state index is 0.0378. The van der Waals surface area contributed by atoms with E-state index in [2.05, 4.69) is 10.2 Å². The summed E-state index contributed by atoms with van der Waals surface area (Å²) in [6.07, 6.45) is 3.65. The zero-order chi connectivity index (χ0) is 14.5. The van der Waals surface area contributed by atoms with Crippen LogP contribution in [-0.4, -0.2) is 37.0 Å². The minimum Gasteiger partial charge on any atom is -0.495 e. The third-order valence-electron chi connectivity index (χ3n) is 3.93. The predicted octanol–water partition coefficient (Wildman–Crippen LogP) is 2.82. The maximum absolute atomic E-state index is 12.4. The maximum atomic E-state index is 12.4. The normalized spacial score (nSPS) is 17.6. The lowest BCUT2D eigenvalue weighted by atomic mass is 10.1. The van der Waals surface area contributed by atoms with Gasteiger partial charge in [0.25, 0.3) is 0 Å². The van der Waals surface area contributed by atoms with Crippen LogP contribution < -0.4 is 10.1 Å². The molecule has 110 valence electrons. The molecule has 0 bridgehead atoms. The Kier molecular flexibility index (Phi) is 5.01. The lowest BCUT2D eigenvalue weighted by Crippen LogP contribution is -2.44. The minimum atomic E-state index is -0.0967. The van der Waals surface area contributed by atoms with E-state index in [4.69, 9.17) is 4.74 Å². The van der Waals surface area contributed by atoms with Crippen molar-refractivity contribution in [1.29, 1.82) is 0 Å². The van der Waals surface area contributed by atoms with Gasteiger partial charge in [0.05, 0.1) is 18.8 Å². The van der Waals surface area contributed by atoms with Crippen molar-refractivity contribution in [3.05, 3.63) is 23.8 Å². The molecule has 0 radical (unpaired) electrons. The lowest BCUT2D eigenvalue weighted by Gasteiger charge is -2.31. The molecule has 20 heavy (non-hydrogen) atoms. The Morgan fingerprint density at radius 2 is 2.00 bits per heavy atom. The van der Waals surface area contributed by atoms with E-state index in [0.29, 0.717) is 5.75 Å². The van der Waals surface area contributed by atoms with E-state index in [1.807, 2.05) is 32.0 Å². The molecule has 4 nitrogen and oxygen atoms in total. The number of hydrogen-bond donors (Lipinski definition) is 1. The second-order valence-electron chi connectivity index (χ2n) is 5.47. The van der Waals surface area contributed by atoms with Crippen LogP contribution in [0.2, 0.25) is 0 Å². The SMILES string of the molecule is COc1ccc(C)cc1NC(=O)[C@H](C)N1CCCCC1. The highest BCUT2D eigenvalue weighted by molar-refractivity contribution is 5.95. The van der Waals surface area contributed by atoms with Gasteiger partial charge in [0.15, 0.2) is 0 Å². The number of nitrogens with zero attached hydrogens (tertiary/aromatic N) is 1. The molecule has 1 fully saturated rings. The van der Waals surface area contributed by atoms with Gasteiger partial charge < -0.3 is 10.1 Å². The molecule has 1 aromatic rings. The summed E-state index contributed by atoms with van der Waals surface area (Å²) in [6, 6.07) is 5.71. The van der Waals surface area contributed by atoms with Crippen LogP contribution in [0.4, 0.5) is 5.69 Å². The van der Waals surface area contributed by atoms with Crippen LogP contribution in [0.25, 0.3) is 0 Å². The van der Waals surface area contributed by atoms with E-state index in [1.54, 1.807) is 7.11 Å². The highest BCUT2D eigenvalue weighted by Crippen LogP contribution is 2.25.